The molecule has 2 aromatic carbocycles. The molecule has 1 unspecified atom stereocenters. The number of nitrogens with two attached hydrogens (primary N) is 1. The van der Waals surface area contributed by atoms with Gasteiger partial charge in [-0.3, -0.25) is 4.98 Å². The third kappa shape index (κ3) is 2.34. The van der Waals surface area contributed by atoms with Crippen LogP contribution in [0.5, 0.6) is 5.75 Å². The van der Waals surface area contributed by atoms with E-state index in [-0.39, 0.29) is 5.75 Å². The van der Waals surface area contributed by atoms with Gasteiger partial charge in [0.05, 0.1) is 18.7 Å². The van der Waals surface area contributed by atoms with E-state index < -0.39 is 11.9 Å². The molecule has 4 heteroatoms. The quantitative estimate of drug-likeness (QED) is 0.800. The van der Waals surface area contributed by atoms with E-state index >= 15 is 0 Å². The van der Waals surface area contributed by atoms with Gasteiger partial charge in [0.1, 0.15) is 0 Å². The van der Waals surface area contributed by atoms with E-state index in [0.29, 0.717) is 5.56 Å². The summed E-state index contributed by atoms with van der Waals surface area (Å²) in [5.41, 5.74) is 8.37. The Bertz CT molecular complexity index is 783. The third-order valence-corrected chi connectivity index (χ3v) is 3.56. The van der Waals surface area contributed by atoms with Crippen LogP contribution in [0.4, 0.5) is 4.39 Å². The molecule has 3 rings (SSSR count). The topological polar surface area (TPSA) is 48.1 Å². The Morgan fingerprint density at radius 3 is 2.62 bits per heavy atom. The minimum absolute atomic E-state index is 0.196. The summed E-state index contributed by atoms with van der Waals surface area (Å²) in [4.78, 5) is 4.30. The lowest BCUT2D eigenvalue weighted by Gasteiger charge is -2.16. The van der Waals surface area contributed by atoms with Crippen molar-refractivity contribution in [2.75, 3.05) is 7.11 Å². The van der Waals surface area contributed by atoms with Crippen LogP contribution in [0.2, 0.25) is 0 Å². The van der Waals surface area contributed by atoms with Crippen molar-refractivity contribution in [3.05, 3.63) is 71.7 Å². The molecule has 0 radical (unpaired) electrons. The van der Waals surface area contributed by atoms with Crippen molar-refractivity contribution in [1.82, 2.24) is 4.98 Å². The van der Waals surface area contributed by atoms with Gasteiger partial charge in [-0.05, 0) is 23.8 Å². The fourth-order valence-corrected chi connectivity index (χ4v) is 2.49. The average Bonchev–Trinajstić information content (AvgIpc) is 2.54. The molecule has 0 saturated heterocycles. The van der Waals surface area contributed by atoms with E-state index in [2.05, 4.69) is 4.98 Å². The lowest BCUT2D eigenvalue weighted by molar-refractivity contribution is 0.383. The number of ether oxygens (including phenoxy) is 1. The molecular weight excluding hydrogens is 267 g/mol. The number of hydrogen-bond donors (Lipinski definition) is 1. The molecule has 1 aromatic heterocycles. The first-order chi connectivity index (χ1) is 10.2. The molecule has 0 fully saturated rings. The zero-order valence-corrected chi connectivity index (χ0v) is 11.6. The summed E-state index contributed by atoms with van der Waals surface area (Å²) in [6.07, 6.45) is 1.73. The van der Waals surface area contributed by atoms with Crippen LogP contribution in [0.15, 0.2) is 54.7 Å². The first-order valence-corrected chi connectivity index (χ1v) is 6.64. The lowest BCUT2D eigenvalue weighted by Crippen LogP contribution is -2.14. The van der Waals surface area contributed by atoms with Crippen molar-refractivity contribution in [3.63, 3.8) is 0 Å². The minimum atomic E-state index is -0.576. The van der Waals surface area contributed by atoms with Gasteiger partial charge in [-0.15, -0.1) is 0 Å². The summed E-state index contributed by atoms with van der Waals surface area (Å²) in [5, 5.41) is 0.926. The molecule has 0 aliphatic heterocycles. The van der Waals surface area contributed by atoms with Gasteiger partial charge in [0.15, 0.2) is 11.6 Å². The molecular formula is C17H15FN2O. The predicted octanol–water partition coefficient (Wildman–Crippen LogP) is 3.43. The Morgan fingerprint density at radius 1 is 1.05 bits per heavy atom. The van der Waals surface area contributed by atoms with Crippen molar-refractivity contribution in [3.8, 4) is 5.75 Å². The number of halogens is 1. The van der Waals surface area contributed by atoms with Crippen molar-refractivity contribution < 1.29 is 9.13 Å². The van der Waals surface area contributed by atoms with Crippen molar-refractivity contribution in [2.24, 2.45) is 5.73 Å². The second kappa shape index (κ2) is 5.50. The highest BCUT2D eigenvalue weighted by Crippen LogP contribution is 2.30. The van der Waals surface area contributed by atoms with E-state index in [4.69, 9.17) is 10.5 Å². The van der Waals surface area contributed by atoms with Crippen molar-refractivity contribution >= 4 is 10.9 Å². The molecule has 0 saturated carbocycles. The SMILES string of the molecule is COc1cccc(C(N)c2cccc3ncccc23)c1F. The van der Waals surface area contributed by atoms with Gasteiger partial charge >= 0.3 is 0 Å². The summed E-state index contributed by atoms with van der Waals surface area (Å²) in [7, 11) is 1.44. The first-order valence-electron chi connectivity index (χ1n) is 6.64. The highest BCUT2D eigenvalue weighted by Gasteiger charge is 2.18. The number of benzene rings is 2. The molecule has 0 amide bonds. The van der Waals surface area contributed by atoms with Gasteiger partial charge < -0.3 is 10.5 Å². The Kier molecular flexibility index (Phi) is 3.54. The van der Waals surface area contributed by atoms with Crippen LogP contribution in [0, 0.1) is 5.82 Å². The molecule has 0 spiro atoms. The molecule has 3 aromatic rings. The summed E-state index contributed by atoms with van der Waals surface area (Å²) in [6.45, 7) is 0. The van der Waals surface area contributed by atoms with Gasteiger partial charge in [-0.1, -0.05) is 30.3 Å². The molecule has 0 aliphatic carbocycles. The second-order valence-corrected chi connectivity index (χ2v) is 4.76. The Labute approximate surface area is 122 Å². The van der Waals surface area contributed by atoms with Crippen LogP contribution in [0.25, 0.3) is 10.9 Å². The summed E-state index contributed by atoms with van der Waals surface area (Å²) < 4.78 is 19.4. The number of nitrogens with zero attached hydrogens (tertiary/aromatic N) is 1. The minimum Gasteiger partial charge on any atom is -0.494 e. The maximum absolute atomic E-state index is 14.4. The van der Waals surface area contributed by atoms with E-state index in [1.165, 1.54) is 7.11 Å². The fraction of sp³-hybridized carbons (Fsp3) is 0.118. The standard InChI is InChI=1S/C17H15FN2O/c1-21-15-9-3-6-13(16(15)18)17(19)12-5-2-8-14-11(12)7-4-10-20-14/h2-10,17H,19H2,1H3. The Morgan fingerprint density at radius 2 is 1.81 bits per heavy atom. The lowest BCUT2D eigenvalue weighted by atomic mass is 9.95. The molecule has 3 nitrogen and oxygen atoms in total. The number of hydrogen-bond acceptors (Lipinski definition) is 3. The Hall–Kier alpha value is -2.46. The molecule has 0 aliphatic rings. The van der Waals surface area contributed by atoms with Crippen molar-refractivity contribution in [2.45, 2.75) is 6.04 Å². The van der Waals surface area contributed by atoms with Gasteiger partial charge in [0, 0.05) is 17.1 Å². The van der Waals surface area contributed by atoms with Gasteiger partial charge in [-0.25, -0.2) is 4.39 Å². The second-order valence-electron chi connectivity index (χ2n) is 4.76. The molecule has 0 bridgehead atoms. The average molecular weight is 282 g/mol. The van der Waals surface area contributed by atoms with Crippen LogP contribution in [-0.2, 0) is 0 Å². The summed E-state index contributed by atoms with van der Waals surface area (Å²) in [6, 6.07) is 13.9. The molecule has 106 valence electrons. The zero-order valence-electron chi connectivity index (χ0n) is 11.6. The van der Waals surface area contributed by atoms with Gasteiger partial charge in [0.25, 0.3) is 0 Å². The fourth-order valence-electron chi connectivity index (χ4n) is 2.49. The third-order valence-electron chi connectivity index (χ3n) is 3.56. The highest BCUT2D eigenvalue weighted by molar-refractivity contribution is 5.83. The van der Waals surface area contributed by atoms with E-state index in [0.717, 1.165) is 16.5 Å². The van der Waals surface area contributed by atoms with Crippen LogP contribution >= 0.6 is 0 Å². The maximum Gasteiger partial charge on any atom is 0.170 e. The monoisotopic (exact) mass is 282 g/mol. The van der Waals surface area contributed by atoms with Crippen LogP contribution in [0.3, 0.4) is 0 Å². The molecule has 1 atom stereocenters. The predicted molar refractivity (Wildman–Crippen MR) is 80.7 cm³/mol. The molecule has 21 heavy (non-hydrogen) atoms. The van der Waals surface area contributed by atoms with E-state index in [1.807, 2.05) is 30.3 Å². The number of rotatable bonds is 3. The summed E-state index contributed by atoms with van der Waals surface area (Å²) in [5.74, 6) is -0.227. The molecule has 2 N–H and O–H groups in total. The largest absolute Gasteiger partial charge is 0.494 e. The number of methoxy groups -OCH3 is 1. The van der Waals surface area contributed by atoms with E-state index in [1.54, 1.807) is 24.4 Å². The van der Waals surface area contributed by atoms with E-state index in [9.17, 15) is 4.39 Å². The zero-order chi connectivity index (χ0) is 14.8. The highest BCUT2D eigenvalue weighted by atomic mass is 19.1. The number of aromatic nitrogens is 1. The normalized spacial score (nSPS) is 12.3. The maximum atomic E-state index is 14.4. The summed E-state index contributed by atoms with van der Waals surface area (Å²) >= 11 is 0. The van der Waals surface area contributed by atoms with Crippen molar-refractivity contribution in [1.29, 1.82) is 0 Å². The first kappa shape index (κ1) is 13.5. The van der Waals surface area contributed by atoms with Gasteiger partial charge in [-0.2, -0.15) is 0 Å². The van der Waals surface area contributed by atoms with Crippen LogP contribution < -0.4 is 10.5 Å². The smallest absolute Gasteiger partial charge is 0.170 e. The molecule has 1 heterocycles. The number of pyridine rings is 1. The Balaban J connectivity index is 2.15. The van der Waals surface area contributed by atoms with Gasteiger partial charge in [0.2, 0.25) is 0 Å². The van der Waals surface area contributed by atoms with Crippen LogP contribution in [0.1, 0.15) is 17.2 Å². The van der Waals surface area contributed by atoms with Crippen LogP contribution in [-0.4, -0.2) is 12.1 Å². The number of fused-ring (bicyclic) bond motifs is 1.